The first-order valence-corrected chi connectivity index (χ1v) is 13.7. The molecule has 14 heteroatoms. The molecule has 0 heterocycles. The minimum absolute atomic E-state index is 0.873. The van der Waals surface area contributed by atoms with E-state index in [1.165, 1.54) is 103 Å². The molecular formula is C22H40F9NO3S. The largest absolute Gasteiger partial charge is 0.460 e. The smallest absolute Gasteiger partial charge is 0.330 e. The molecule has 0 unspecified atom stereocenters. The predicted octanol–water partition coefficient (Wildman–Crippen LogP) is 8.51. The third kappa shape index (κ3) is 13.2. The number of rotatable bonds is 19. The lowest BCUT2D eigenvalue weighted by Gasteiger charge is -2.31. The van der Waals surface area contributed by atoms with Crippen LogP contribution in [0.15, 0.2) is 0 Å². The first kappa shape index (κ1) is 37.4. The number of alkyl halides is 9. The zero-order valence-corrected chi connectivity index (χ0v) is 21.5. The van der Waals surface area contributed by atoms with Gasteiger partial charge in [-0.25, -0.2) is 0 Å². The van der Waals surface area contributed by atoms with Crippen molar-refractivity contribution in [1.82, 2.24) is 0 Å². The molecule has 0 atom stereocenters. The average molecular weight is 570 g/mol. The van der Waals surface area contributed by atoms with E-state index < -0.39 is 33.4 Å². The summed E-state index contributed by atoms with van der Waals surface area (Å²) in [7, 11) is -7.17. The summed E-state index contributed by atoms with van der Waals surface area (Å²) in [6.07, 6.45) is 15.7. The Labute approximate surface area is 208 Å². The van der Waals surface area contributed by atoms with Crippen LogP contribution in [-0.2, 0) is 10.1 Å². The fraction of sp³-hybridized carbons (Fsp3) is 1.00. The molecule has 0 aromatic rings. The molecule has 0 bridgehead atoms. The molecule has 0 amide bonds. The Morgan fingerprint density at radius 1 is 0.556 bits per heavy atom. The molecule has 4 nitrogen and oxygen atoms in total. The molecular weight excluding hydrogens is 529 g/mol. The van der Waals surface area contributed by atoms with E-state index in [-0.39, 0.29) is 0 Å². The highest BCUT2D eigenvalue weighted by Crippen LogP contribution is 2.54. The van der Waals surface area contributed by atoms with E-state index in [2.05, 4.69) is 6.92 Å². The summed E-state index contributed by atoms with van der Waals surface area (Å²) in [4.78, 5) is 0. The molecule has 220 valence electrons. The van der Waals surface area contributed by atoms with Crippen LogP contribution >= 0.6 is 0 Å². The Morgan fingerprint density at radius 3 is 1.06 bits per heavy atom. The van der Waals surface area contributed by atoms with Crippen molar-refractivity contribution < 1.29 is 52.5 Å². The zero-order chi connectivity index (χ0) is 28.5. The molecule has 0 spiro atoms. The van der Waals surface area contributed by atoms with E-state index in [1.807, 2.05) is 0 Å². The van der Waals surface area contributed by atoms with E-state index in [0.29, 0.717) is 0 Å². The molecule has 0 aromatic heterocycles. The first-order chi connectivity index (χ1) is 16.4. The summed E-state index contributed by atoms with van der Waals surface area (Å²) in [5.74, 6) is -14.7. The van der Waals surface area contributed by atoms with Crippen LogP contribution in [0.25, 0.3) is 0 Å². The second-order valence-electron chi connectivity index (χ2n) is 8.73. The Kier molecular flexibility index (Phi) is 18.4. The highest BCUT2D eigenvalue weighted by atomic mass is 32.2. The second kappa shape index (κ2) is 17.7. The minimum atomic E-state index is -7.37. The van der Waals surface area contributed by atoms with Crippen LogP contribution in [0.2, 0.25) is 0 Å². The molecule has 0 saturated heterocycles. The normalized spacial score (nSPS) is 13.4. The van der Waals surface area contributed by atoms with E-state index in [0.717, 1.165) is 6.54 Å². The fourth-order valence-corrected chi connectivity index (χ4v) is 3.67. The Morgan fingerprint density at radius 2 is 0.833 bits per heavy atom. The number of nitrogens with two attached hydrogens (primary N) is 1. The third-order valence-corrected chi connectivity index (χ3v) is 6.40. The summed E-state index contributed by atoms with van der Waals surface area (Å²) in [5, 5.41) is -7.00. The van der Waals surface area contributed by atoms with Gasteiger partial charge in [0, 0.05) is 0 Å². The van der Waals surface area contributed by atoms with Crippen molar-refractivity contribution in [3.05, 3.63) is 0 Å². The number of hydrogen-bond donors (Lipinski definition) is 2. The quantitative estimate of drug-likeness (QED) is 0.0929. The van der Waals surface area contributed by atoms with Gasteiger partial charge in [0.05, 0.1) is 0 Å². The second-order valence-corrected chi connectivity index (χ2v) is 10.2. The zero-order valence-electron chi connectivity index (χ0n) is 20.7. The topological polar surface area (TPSA) is 80.4 Å². The molecule has 0 fully saturated rings. The fourth-order valence-electron chi connectivity index (χ4n) is 3.22. The maximum atomic E-state index is 12.2. The maximum absolute atomic E-state index is 12.2. The summed E-state index contributed by atoms with van der Waals surface area (Å²) in [6, 6.07) is 0. The van der Waals surface area contributed by atoms with Crippen LogP contribution in [0.3, 0.4) is 0 Å². The van der Waals surface area contributed by atoms with Gasteiger partial charge in [-0.15, -0.1) is 0 Å². The molecule has 0 saturated carbocycles. The SMILES string of the molecule is CCCCCCCCCCCCCCCCCCN.O=S(=O)(O)C(F)(F)C(F)(F)C(F)(F)C(F)(F)F. The van der Waals surface area contributed by atoms with Crippen molar-refractivity contribution in [2.24, 2.45) is 5.73 Å². The Hall–Kier alpha value is -0.760. The van der Waals surface area contributed by atoms with E-state index in [4.69, 9.17) is 10.3 Å². The molecule has 0 aliphatic carbocycles. The van der Waals surface area contributed by atoms with Gasteiger partial charge in [-0.2, -0.15) is 47.9 Å². The maximum Gasteiger partial charge on any atom is 0.460 e. The lowest BCUT2D eigenvalue weighted by atomic mass is 10.0. The van der Waals surface area contributed by atoms with Crippen LogP contribution in [0.5, 0.6) is 0 Å². The van der Waals surface area contributed by atoms with E-state index in [9.17, 15) is 47.9 Å². The van der Waals surface area contributed by atoms with Crippen molar-refractivity contribution in [2.45, 2.75) is 133 Å². The standard InChI is InChI=1S/C18H39N.C4HF9O3S/c1-2-3-4-5-6-7-8-9-10-11-12-13-14-15-16-17-18-19;5-1(6,3(9,10)11)2(7,8)4(12,13)17(14,15)16/h2-19H2,1H3;(H,14,15,16). The van der Waals surface area contributed by atoms with Crippen molar-refractivity contribution >= 4 is 10.1 Å². The highest BCUT2D eigenvalue weighted by molar-refractivity contribution is 7.87. The molecule has 0 aliphatic rings. The monoisotopic (exact) mass is 569 g/mol. The van der Waals surface area contributed by atoms with Crippen LogP contribution in [0.1, 0.15) is 110 Å². The lowest BCUT2D eigenvalue weighted by molar-refractivity contribution is -0.382. The van der Waals surface area contributed by atoms with Crippen LogP contribution in [-0.4, -0.2) is 42.8 Å². The van der Waals surface area contributed by atoms with Crippen LogP contribution in [0.4, 0.5) is 39.5 Å². The summed E-state index contributed by atoms with van der Waals surface area (Å²) in [5.41, 5.74) is 5.48. The van der Waals surface area contributed by atoms with Gasteiger partial charge < -0.3 is 5.73 Å². The number of hydrogen-bond acceptors (Lipinski definition) is 3. The van der Waals surface area contributed by atoms with Gasteiger partial charge >= 0.3 is 33.4 Å². The van der Waals surface area contributed by atoms with Gasteiger partial charge in [0.1, 0.15) is 0 Å². The Bertz CT molecular complexity index is 642. The van der Waals surface area contributed by atoms with Crippen molar-refractivity contribution in [3.63, 3.8) is 0 Å². The average Bonchev–Trinajstić information content (AvgIpc) is 2.75. The lowest BCUT2D eigenvalue weighted by Crippen LogP contribution is -2.63. The Balaban J connectivity index is 0. The van der Waals surface area contributed by atoms with Gasteiger partial charge in [-0.3, -0.25) is 4.55 Å². The summed E-state index contributed by atoms with van der Waals surface area (Å²) in [6.45, 7) is 3.16. The molecule has 3 N–H and O–H groups in total. The molecule has 0 aliphatic heterocycles. The molecule has 36 heavy (non-hydrogen) atoms. The van der Waals surface area contributed by atoms with Gasteiger partial charge in [0.15, 0.2) is 0 Å². The molecule has 0 aromatic carbocycles. The predicted molar refractivity (Wildman–Crippen MR) is 121 cm³/mol. The first-order valence-electron chi connectivity index (χ1n) is 12.3. The summed E-state index contributed by atoms with van der Waals surface area (Å²) < 4.78 is 134. The number of unbranched alkanes of at least 4 members (excludes halogenated alkanes) is 15. The minimum Gasteiger partial charge on any atom is -0.330 e. The molecule has 0 radical (unpaired) electrons. The highest BCUT2D eigenvalue weighted by Gasteiger charge is 2.85. The van der Waals surface area contributed by atoms with Gasteiger partial charge in [0.25, 0.3) is 0 Å². The summed E-state index contributed by atoms with van der Waals surface area (Å²) >= 11 is 0. The number of halogens is 9. The van der Waals surface area contributed by atoms with Crippen LogP contribution < -0.4 is 5.73 Å². The van der Waals surface area contributed by atoms with Crippen molar-refractivity contribution in [2.75, 3.05) is 6.54 Å². The van der Waals surface area contributed by atoms with Crippen molar-refractivity contribution in [3.8, 4) is 0 Å². The molecule has 0 rings (SSSR count). The van der Waals surface area contributed by atoms with Gasteiger partial charge in [-0.05, 0) is 13.0 Å². The van der Waals surface area contributed by atoms with Crippen molar-refractivity contribution in [1.29, 1.82) is 0 Å². The van der Waals surface area contributed by atoms with E-state index in [1.54, 1.807) is 0 Å². The van der Waals surface area contributed by atoms with Gasteiger partial charge in [0.2, 0.25) is 0 Å². The van der Waals surface area contributed by atoms with Gasteiger partial charge in [-0.1, -0.05) is 103 Å². The van der Waals surface area contributed by atoms with Crippen LogP contribution in [0, 0.1) is 0 Å². The third-order valence-electron chi connectivity index (χ3n) is 5.50. The van der Waals surface area contributed by atoms with E-state index >= 15 is 0 Å².